The lowest BCUT2D eigenvalue weighted by Crippen LogP contribution is -2.20. The van der Waals surface area contributed by atoms with E-state index in [1.165, 1.54) is 0 Å². The lowest BCUT2D eigenvalue weighted by molar-refractivity contribution is -0.390. The summed E-state index contributed by atoms with van der Waals surface area (Å²) in [5, 5.41) is 19.3. The summed E-state index contributed by atoms with van der Waals surface area (Å²) in [7, 11) is 0. The SMILES string of the molecule is O=[N+]([O-])c1ncc(C(F)(F)F)c(OC(F)(F)F)c1O. The van der Waals surface area contributed by atoms with E-state index < -0.39 is 40.3 Å². The van der Waals surface area contributed by atoms with Gasteiger partial charge in [-0.25, -0.2) is 0 Å². The molecule has 0 saturated carbocycles. The molecule has 0 atom stereocenters. The topological polar surface area (TPSA) is 85.5 Å². The van der Waals surface area contributed by atoms with E-state index in [0.717, 1.165) is 0 Å². The van der Waals surface area contributed by atoms with Crippen LogP contribution in [0.5, 0.6) is 11.5 Å². The summed E-state index contributed by atoms with van der Waals surface area (Å²) >= 11 is 0. The summed E-state index contributed by atoms with van der Waals surface area (Å²) < 4.78 is 75.9. The minimum Gasteiger partial charge on any atom is -0.498 e. The lowest BCUT2D eigenvalue weighted by atomic mass is 10.2. The van der Waals surface area contributed by atoms with Crippen LogP contribution in [-0.2, 0) is 6.18 Å². The maximum Gasteiger partial charge on any atom is 0.573 e. The third kappa shape index (κ3) is 3.35. The minimum absolute atomic E-state index is 0.237. The highest BCUT2D eigenvalue weighted by Crippen LogP contribution is 2.45. The molecular formula is C7H2F6N2O4. The Balaban J connectivity index is 3.51. The largest absolute Gasteiger partial charge is 0.573 e. The zero-order chi connectivity index (χ0) is 15.0. The lowest BCUT2D eigenvalue weighted by Gasteiger charge is -2.14. The first-order valence-electron chi connectivity index (χ1n) is 4.12. The summed E-state index contributed by atoms with van der Waals surface area (Å²) in [5.74, 6) is -5.67. The van der Waals surface area contributed by atoms with Gasteiger partial charge in [0.1, 0.15) is 5.56 Å². The fourth-order valence-corrected chi connectivity index (χ4v) is 1.03. The van der Waals surface area contributed by atoms with Crippen LogP contribution in [0, 0.1) is 10.1 Å². The van der Waals surface area contributed by atoms with E-state index in [1.54, 1.807) is 0 Å². The number of aromatic nitrogens is 1. The van der Waals surface area contributed by atoms with E-state index in [-0.39, 0.29) is 6.20 Å². The number of ether oxygens (including phenoxy) is 1. The number of nitrogens with zero attached hydrogens (tertiary/aromatic N) is 2. The van der Waals surface area contributed by atoms with Gasteiger partial charge in [0.05, 0.1) is 0 Å². The molecule has 0 spiro atoms. The Bertz CT molecular complexity index is 512. The van der Waals surface area contributed by atoms with Gasteiger partial charge in [0, 0.05) is 0 Å². The Kier molecular flexibility index (Phi) is 3.45. The Hall–Kier alpha value is -2.27. The molecule has 12 heteroatoms. The molecule has 1 N–H and O–H groups in total. The van der Waals surface area contributed by atoms with Gasteiger partial charge in [-0.15, -0.1) is 13.2 Å². The molecule has 0 aliphatic heterocycles. The van der Waals surface area contributed by atoms with Crippen molar-refractivity contribution in [1.29, 1.82) is 0 Å². The first-order valence-corrected chi connectivity index (χ1v) is 4.12. The Labute approximate surface area is 98.9 Å². The van der Waals surface area contributed by atoms with Crippen molar-refractivity contribution in [2.45, 2.75) is 12.5 Å². The van der Waals surface area contributed by atoms with E-state index in [4.69, 9.17) is 5.11 Å². The molecule has 0 saturated heterocycles. The molecule has 106 valence electrons. The van der Waals surface area contributed by atoms with Crippen LogP contribution in [0.2, 0.25) is 0 Å². The first-order chi connectivity index (χ1) is 8.43. The van der Waals surface area contributed by atoms with Crippen LogP contribution in [0.15, 0.2) is 6.20 Å². The fraction of sp³-hybridized carbons (Fsp3) is 0.286. The molecule has 1 aromatic heterocycles. The number of aromatic hydroxyl groups is 1. The van der Waals surface area contributed by atoms with Crippen molar-refractivity contribution < 1.29 is 41.1 Å². The molecule has 0 aliphatic carbocycles. The highest BCUT2D eigenvalue weighted by molar-refractivity contribution is 5.54. The van der Waals surface area contributed by atoms with Gasteiger partial charge in [0.15, 0.2) is 11.9 Å². The molecule has 0 fully saturated rings. The van der Waals surface area contributed by atoms with E-state index >= 15 is 0 Å². The highest BCUT2D eigenvalue weighted by atomic mass is 19.4. The van der Waals surface area contributed by atoms with Gasteiger partial charge < -0.3 is 20.0 Å². The number of alkyl halides is 6. The predicted molar refractivity (Wildman–Crippen MR) is 44.2 cm³/mol. The molecule has 0 radical (unpaired) electrons. The highest BCUT2D eigenvalue weighted by Gasteiger charge is 2.44. The van der Waals surface area contributed by atoms with Crippen LogP contribution in [0.3, 0.4) is 0 Å². The Morgan fingerprint density at radius 1 is 1.26 bits per heavy atom. The van der Waals surface area contributed by atoms with E-state index in [1.807, 2.05) is 0 Å². The van der Waals surface area contributed by atoms with Crippen LogP contribution in [0.25, 0.3) is 0 Å². The van der Waals surface area contributed by atoms with E-state index in [0.29, 0.717) is 0 Å². The van der Waals surface area contributed by atoms with Crippen molar-refractivity contribution in [3.63, 3.8) is 0 Å². The fourth-order valence-electron chi connectivity index (χ4n) is 1.03. The number of pyridine rings is 1. The second-order valence-electron chi connectivity index (χ2n) is 2.98. The smallest absolute Gasteiger partial charge is 0.498 e. The van der Waals surface area contributed by atoms with Crippen LogP contribution in [-0.4, -0.2) is 21.4 Å². The second kappa shape index (κ2) is 4.44. The number of rotatable bonds is 2. The quantitative estimate of drug-likeness (QED) is 0.514. The average Bonchev–Trinajstić information content (AvgIpc) is 2.16. The molecule has 0 amide bonds. The van der Waals surface area contributed by atoms with Crippen molar-refractivity contribution in [3.05, 3.63) is 21.9 Å². The average molecular weight is 292 g/mol. The summed E-state index contributed by atoms with van der Waals surface area (Å²) in [6.45, 7) is 0. The van der Waals surface area contributed by atoms with Crippen molar-refractivity contribution in [3.8, 4) is 11.5 Å². The molecule has 19 heavy (non-hydrogen) atoms. The summed E-state index contributed by atoms with van der Waals surface area (Å²) in [6, 6.07) is 0. The van der Waals surface area contributed by atoms with Gasteiger partial charge in [-0.3, -0.25) is 0 Å². The number of hydrogen-bond donors (Lipinski definition) is 1. The molecule has 1 aromatic rings. The Morgan fingerprint density at radius 2 is 1.79 bits per heavy atom. The second-order valence-corrected chi connectivity index (χ2v) is 2.98. The van der Waals surface area contributed by atoms with Crippen LogP contribution < -0.4 is 4.74 Å². The maximum absolute atomic E-state index is 12.4. The summed E-state index contributed by atoms with van der Waals surface area (Å²) in [6.07, 6.45) is -11.2. The first kappa shape index (κ1) is 14.8. The molecule has 0 aliphatic rings. The zero-order valence-electron chi connectivity index (χ0n) is 8.41. The normalized spacial score (nSPS) is 12.3. The third-order valence-electron chi connectivity index (χ3n) is 1.68. The summed E-state index contributed by atoms with van der Waals surface area (Å²) in [5.41, 5.74) is -2.09. The van der Waals surface area contributed by atoms with Crippen molar-refractivity contribution in [1.82, 2.24) is 4.98 Å². The monoisotopic (exact) mass is 292 g/mol. The van der Waals surface area contributed by atoms with Gasteiger partial charge in [0.2, 0.25) is 0 Å². The number of nitro groups is 1. The summed E-state index contributed by atoms with van der Waals surface area (Å²) in [4.78, 5) is 11.4. The Morgan fingerprint density at radius 3 is 2.16 bits per heavy atom. The molecular weight excluding hydrogens is 290 g/mol. The van der Waals surface area contributed by atoms with Crippen molar-refractivity contribution >= 4 is 5.82 Å². The third-order valence-corrected chi connectivity index (χ3v) is 1.68. The van der Waals surface area contributed by atoms with Crippen LogP contribution in [0.1, 0.15) is 5.56 Å². The van der Waals surface area contributed by atoms with Crippen LogP contribution in [0.4, 0.5) is 32.2 Å². The molecule has 1 rings (SSSR count). The minimum atomic E-state index is -5.58. The van der Waals surface area contributed by atoms with Gasteiger partial charge in [-0.1, -0.05) is 0 Å². The van der Waals surface area contributed by atoms with Crippen molar-refractivity contribution in [2.24, 2.45) is 0 Å². The maximum atomic E-state index is 12.4. The molecule has 6 nitrogen and oxygen atoms in total. The molecule has 1 heterocycles. The van der Waals surface area contributed by atoms with Crippen LogP contribution >= 0.6 is 0 Å². The molecule has 0 unspecified atom stereocenters. The standard InChI is InChI=1S/C7H2F6N2O4/c8-6(9,10)2-1-14-5(15(17)18)3(16)4(2)19-7(11,12)13/h1,16H. The van der Waals surface area contributed by atoms with E-state index in [9.17, 15) is 36.5 Å². The number of halogens is 6. The molecule has 0 bridgehead atoms. The number of hydrogen-bond acceptors (Lipinski definition) is 5. The van der Waals surface area contributed by atoms with Gasteiger partial charge in [-0.05, 0) is 9.91 Å². The molecule has 0 aromatic carbocycles. The zero-order valence-corrected chi connectivity index (χ0v) is 8.41. The predicted octanol–water partition coefficient (Wildman–Crippen LogP) is 2.61. The van der Waals surface area contributed by atoms with E-state index in [2.05, 4.69) is 9.72 Å². The van der Waals surface area contributed by atoms with Gasteiger partial charge in [-0.2, -0.15) is 13.2 Å². The van der Waals surface area contributed by atoms with Crippen molar-refractivity contribution in [2.75, 3.05) is 0 Å². The van der Waals surface area contributed by atoms with Gasteiger partial charge in [0.25, 0.3) is 5.75 Å². The van der Waals surface area contributed by atoms with Gasteiger partial charge >= 0.3 is 18.4 Å².